The Bertz CT molecular complexity index is 1240. The molecule has 2 aromatic heterocycles. The van der Waals surface area contributed by atoms with Crippen LogP contribution in [-0.2, 0) is 6.61 Å². The molecule has 0 atom stereocenters. The first-order valence-corrected chi connectivity index (χ1v) is 9.55. The molecule has 1 aliphatic heterocycles. The van der Waals surface area contributed by atoms with E-state index in [4.69, 9.17) is 18.6 Å². The maximum Gasteiger partial charge on any atom is 0.336 e. The Morgan fingerprint density at radius 2 is 2.00 bits per heavy atom. The minimum absolute atomic E-state index is 0.251. The van der Waals surface area contributed by atoms with Gasteiger partial charge in [-0.05, 0) is 42.8 Å². The van der Waals surface area contributed by atoms with Gasteiger partial charge in [0.15, 0.2) is 11.5 Å². The molecule has 28 heavy (non-hydrogen) atoms. The van der Waals surface area contributed by atoms with E-state index in [0.717, 1.165) is 38.7 Å². The largest absolute Gasteiger partial charge is 0.487 e. The molecule has 0 unspecified atom stereocenters. The molecule has 0 radical (unpaired) electrons. The van der Waals surface area contributed by atoms with E-state index in [1.165, 1.54) is 6.07 Å². The average Bonchev–Trinajstić information content (AvgIpc) is 3.34. The van der Waals surface area contributed by atoms with Crippen molar-refractivity contribution in [2.24, 2.45) is 0 Å². The lowest BCUT2D eigenvalue weighted by atomic mass is 10.1. The van der Waals surface area contributed by atoms with Crippen molar-refractivity contribution in [3.63, 3.8) is 0 Å². The molecule has 6 nitrogen and oxygen atoms in total. The van der Waals surface area contributed by atoms with Crippen LogP contribution in [0.2, 0.25) is 0 Å². The van der Waals surface area contributed by atoms with E-state index in [-0.39, 0.29) is 12.4 Å². The van der Waals surface area contributed by atoms with Gasteiger partial charge in [-0.15, -0.1) is 11.3 Å². The van der Waals surface area contributed by atoms with Gasteiger partial charge in [-0.1, -0.05) is 0 Å². The molecular formula is C21H15NO5S. The smallest absolute Gasteiger partial charge is 0.336 e. The zero-order valence-corrected chi connectivity index (χ0v) is 15.7. The summed E-state index contributed by atoms with van der Waals surface area (Å²) in [5.41, 5.74) is 2.83. The molecule has 0 bridgehead atoms. The van der Waals surface area contributed by atoms with E-state index >= 15 is 0 Å². The number of fused-ring (bicyclic) bond motifs is 2. The first-order valence-electron chi connectivity index (χ1n) is 8.67. The molecular weight excluding hydrogens is 378 g/mol. The van der Waals surface area contributed by atoms with Crippen molar-refractivity contribution in [2.75, 3.05) is 6.79 Å². The van der Waals surface area contributed by atoms with Gasteiger partial charge in [0.25, 0.3) is 0 Å². The van der Waals surface area contributed by atoms with Gasteiger partial charge in [0, 0.05) is 28.5 Å². The Hall–Kier alpha value is -3.32. The fourth-order valence-electron chi connectivity index (χ4n) is 3.09. The number of benzene rings is 2. The molecule has 1 aliphatic rings. The van der Waals surface area contributed by atoms with Crippen LogP contribution in [0.25, 0.3) is 21.5 Å². The molecule has 0 N–H and O–H groups in total. The molecule has 3 heterocycles. The van der Waals surface area contributed by atoms with E-state index in [2.05, 4.69) is 4.98 Å². The quantitative estimate of drug-likeness (QED) is 0.474. The Kier molecular flexibility index (Phi) is 4.02. The number of nitrogens with zero attached hydrogens (tertiary/aromatic N) is 1. The zero-order valence-electron chi connectivity index (χ0n) is 14.9. The maximum absolute atomic E-state index is 11.6. The Morgan fingerprint density at radius 3 is 2.93 bits per heavy atom. The Balaban J connectivity index is 1.34. The number of aryl methyl sites for hydroxylation is 1. The van der Waals surface area contributed by atoms with Crippen LogP contribution >= 0.6 is 11.3 Å². The highest BCUT2D eigenvalue weighted by atomic mass is 32.1. The number of hydrogen-bond donors (Lipinski definition) is 0. The van der Waals surface area contributed by atoms with Crippen molar-refractivity contribution in [3.05, 3.63) is 69.5 Å². The monoisotopic (exact) mass is 393 g/mol. The standard InChI is InChI=1S/C21H15NO5S/c1-12-6-20(23)27-18-8-15(3-4-16(12)18)24-9-14-10-28-21(22-14)13-2-5-17-19(7-13)26-11-25-17/h2-8,10H,9,11H2,1H3. The number of ether oxygens (including phenoxy) is 3. The van der Waals surface area contributed by atoms with Crippen LogP contribution in [0, 0.1) is 6.92 Å². The molecule has 0 amide bonds. The van der Waals surface area contributed by atoms with Gasteiger partial charge in [0.05, 0.1) is 5.69 Å². The summed E-state index contributed by atoms with van der Waals surface area (Å²) in [6, 6.07) is 12.7. The third-order valence-electron chi connectivity index (χ3n) is 4.48. The summed E-state index contributed by atoms with van der Waals surface area (Å²) in [4.78, 5) is 16.2. The summed E-state index contributed by atoms with van der Waals surface area (Å²) in [6.07, 6.45) is 0. The molecule has 2 aromatic carbocycles. The highest BCUT2D eigenvalue weighted by molar-refractivity contribution is 7.13. The predicted molar refractivity (Wildman–Crippen MR) is 105 cm³/mol. The van der Waals surface area contributed by atoms with E-state index < -0.39 is 0 Å². The van der Waals surface area contributed by atoms with Gasteiger partial charge in [0.2, 0.25) is 6.79 Å². The van der Waals surface area contributed by atoms with Crippen LogP contribution in [0.1, 0.15) is 11.3 Å². The second-order valence-corrected chi connectivity index (χ2v) is 7.27. The van der Waals surface area contributed by atoms with Crippen LogP contribution in [0.15, 0.2) is 57.1 Å². The highest BCUT2D eigenvalue weighted by Crippen LogP contribution is 2.36. The maximum atomic E-state index is 11.6. The van der Waals surface area contributed by atoms with E-state index in [1.807, 2.05) is 42.6 Å². The SMILES string of the molecule is Cc1cc(=O)oc2cc(OCc3csc(-c4ccc5c(c4)OCO5)n3)ccc12. The van der Waals surface area contributed by atoms with Crippen molar-refractivity contribution < 1.29 is 18.6 Å². The van der Waals surface area contributed by atoms with Crippen LogP contribution in [0.3, 0.4) is 0 Å². The number of rotatable bonds is 4. The van der Waals surface area contributed by atoms with Crippen molar-refractivity contribution in [2.45, 2.75) is 13.5 Å². The van der Waals surface area contributed by atoms with Crippen LogP contribution in [0.5, 0.6) is 17.2 Å². The molecule has 140 valence electrons. The van der Waals surface area contributed by atoms with Gasteiger partial charge in [-0.25, -0.2) is 9.78 Å². The minimum Gasteiger partial charge on any atom is -0.487 e. The average molecular weight is 393 g/mol. The summed E-state index contributed by atoms with van der Waals surface area (Å²) >= 11 is 1.54. The summed E-state index contributed by atoms with van der Waals surface area (Å²) < 4.78 is 21.9. The zero-order chi connectivity index (χ0) is 19.1. The van der Waals surface area contributed by atoms with Crippen molar-refractivity contribution in [1.82, 2.24) is 4.98 Å². The normalized spacial score (nSPS) is 12.5. The minimum atomic E-state index is -0.366. The third kappa shape index (κ3) is 3.10. The van der Waals surface area contributed by atoms with Crippen LogP contribution in [-0.4, -0.2) is 11.8 Å². The van der Waals surface area contributed by atoms with Gasteiger partial charge >= 0.3 is 5.63 Å². The predicted octanol–water partition coefficient (Wildman–Crippen LogP) is 4.53. The first-order chi connectivity index (χ1) is 13.7. The second kappa shape index (κ2) is 6.69. The topological polar surface area (TPSA) is 70.8 Å². The molecule has 5 rings (SSSR count). The summed E-state index contributed by atoms with van der Waals surface area (Å²) in [5, 5.41) is 3.74. The van der Waals surface area contributed by atoms with E-state index in [0.29, 0.717) is 17.9 Å². The van der Waals surface area contributed by atoms with Gasteiger partial charge in [-0.2, -0.15) is 0 Å². The molecule has 7 heteroatoms. The number of thiazole rings is 1. The molecule has 0 saturated heterocycles. The second-order valence-electron chi connectivity index (χ2n) is 6.41. The summed E-state index contributed by atoms with van der Waals surface area (Å²) in [5.74, 6) is 2.11. The number of aromatic nitrogens is 1. The van der Waals surface area contributed by atoms with Crippen molar-refractivity contribution in [1.29, 1.82) is 0 Å². The Labute approximate surface area is 163 Å². The van der Waals surface area contributed by atoms with Gasteiger partial charge in [-0.3, -0.25) is 0 Å². The van der Waals surface area contributed by atoms with Gasteiger partial charge in [0.1, 0.15) is 22.9 Å². The first kappa shape index (κ1) is 16.8. The summed E-state index contributed by atoms with van der Waals surface area (Å²) in [7, 11) is 0. The lowest BCUT2D eigenvalue weighted by molar-refractivity contribution is 0.174. The molecule has 0 aliphatic carbocycles. The van der Waals surface area contributed by atoms with Crippen molar-refractivity contribution in [3.8, 4) is 27.8 Å². The Morgan fingerprint density at radius 1 is 1.11 bits per heavy atom. The van der Waals surface area contributed by atoms with E-state index in [9.17, 15) is 4.79 Å². The molecule has 0 fully saturated rings. The lowest BCUT2D eigenvalue weighted by Crippen LogP contribution is -1.99. The van der Waals surface area contributed by atoms with Gasteiger partial charge < -0.3 is 18.6 Å². The van der Waals surface area contributed by atoms with Crippen LogP contribution in [0.4, 0.5) is 0 Å². The van der Waals surface area contributed by atoms with E-state index in [1.54, 1.807) is 17.4 Å². The fourth-order valence-corrected chi connectivity index (χ4v) is 3.89. The van der Waals surface area contributed by atoms with Crippen molar-refractivity contribution >= 4 is 22.3 Å². The molecule has 0 saturated carbocycles. The third-order valence-corrected chi connectivity index (χ3v) is 5.42. The summed E-state index contributed by atoms with van der Waals surface area (Å²) in [6.45, 7) is 2.45. The lowest BCUT2D eigenvalue weighted by Gasteiger charge is -2.06. The number of hydrogen-bond acceptors (Lipinski definition) is 7. The molecule has 0 spiro atoms. The molecule has 4 aromatic rings. The van der Waals surface area contributed by atoms with Crippen LogP contribution < -0.4 is 19.8 Å². The fraction of sp³-hybridized carbons (Fsp3) is 0.143. The highest BCUT2D eigenvalue weighted by Gasteiger charge is 2.15.